The Bertz CT molecular complexity index is 725. The Morgan fingerprint density at radius 1 is 1.00 bits per heavy atom. The van der Waals surface area contributed by atoms with Crippen LogP contribution in [-0.2, 0) is 0 Å². The standard InChI is InChI=1S/C18H19Cl2NO/c1-10-7-12(3)16(8-11(10)2)13(4)21-18(22)15-6-5-14(19)9-17(15)20/h5-9,13H,1-4H3,(H,21,22)/t13-/m0/s1. The number of amides is 1. The second kappa shape index (κ2) is 6.72. The molecule has 2 nitrogen and oxygen atoms in total. The SMILES string of the molecule is Cc1cc(C)c([C@H](C)NC(=O)c2ccc(Cl)cc2Cl)cc1C. The third-order valence-electron chi connectivity index (χ3n) is 3.87. The lowest BCUT2D eigenvalue weighted by molar-refractivity contribution is 0.0940. The molecule has 0 aromatic heterocycles. The highest BCUT2D eigenvalue weighted by Crippen LogP contribution is 2.24. The molecule has 22 heavy (non-hydrogen) atoms. The number of nitrogens with one attached hydrogen (secondary N) is 1. The monoisotopic (exact) mass is 335 g/mol. The van der Waals surface area contributed by atoms with Gasteiger partial charge >= 0.3 is 0 Å². The van der Waals surface area contributed by atoms with Crippen molar-refractivity contribution in [3.63, 3.8) is 0 Å². The van der Waals surface area contributed by atoms with E-state index >= 15 is 0 Å². The molecule has 2 aromatic rings. The van der Waals surface area contributed by atoms with Gasteiger partial charge in [0.05, 0.1) is 16.6 Å². The minimum atomic E-state index is -0.202. The normalized spacial score (nSPS) is 12.1. The average molecular weight is 336 g/mol. The fourth-order valence-corrected chi connectivity index (χ4v) is 2.97. The van der Waals surface area contributed by atoms with Gasteiger partial charge in [-0.25, -0.2) is 0 Å². The van der Waals surface area contributed by atoms with Crippen molar-refractivity contribution in [2.24, 2.45) is 0 Å². The van der Waals surface area contributed by atoms with Crippen molar-refractivity contribution >= 4 is 29.1 Å². The molecule has 0 saturated carbocycles. The van der Waals surface area contributed by atoms with Crippen LogP contribution in [0.5, 0.6) is 0 Å². The van der Waals surface area contributed by atoms with Gasteiger partial charge < -0.3 is 5.32 Å². The Kier molecular flexibility index (Phi) is 5.15. The molecule has 0 saturated heterocycles. The highest BCUT2D eigenvalue weighted by Gasteiger charge is 2.16. The third-order valence-corrected chi connectivity index (χ3v) is 4.42. The fraction of sp³-hybridized carbons (Fsp3) is 0.278. The van der Waals surface area contributed by atoms with Crippen molar-refractivity contribution in [2.45, 2.75) is 33.7 Å². The fourth-order valence-electron chi connectivity index (χ4n) is 2.48. The van der Waals surface area contributed by atoms with Gasteiger partial charge in [0.25, 0.3) is 5.91 Å². The van der Waals surface area contributed by atoms with E-state index in [0.717, 1.165) is 11.1 Å². The van der Waals surface area contributed by atoms with Crippen LogP contribution in [0.15, 0.2) is 30.3 Å². The van der Waals surface area contributed by atoms with Crippen LogP contribution in [0, 0.1) is 20.8 Å². The minimum Gasteiger partial charge on any atom is -0.345 e. The molecule has 0 bridgehead atoms. The van der Waals surface area contributed by atoms with Gasteiger partial charge in [-0.2, -0.15) is 0 Å². The van der Waals surface area contributed by atoms with Gasteiger partial charge in [-0.3, -0.25) is 4.79 Å². The van der Waals surface area contributed by atoms with Gasteiger partial charge in [0.15, 0.2) is 0 Å². The molecule has 2 rings (SSSR count). The van der Waals surface area contributed by atoms with Crippen LogP contribution in [0.2, 0.25) is 10.0 Å². The molecular formula is C18H19Cl2NO. The number of rotatable bonds is 3. The first-order chi connectivity index (χ1) is 10.3. The van der Waals surface area contributed by atoms with Gasteiger partial charge in [-0.1, -0.05) is 35.3 Å². The quantitative estimate of drug-likeness (QED) is 0.798. The minimum absolute atomic E-state index is 0.0986. The van der Waals surface area contributed by atoms with E-state index < -0.39 is 0 Å². The second-order valence-corrected chi connectivity index (χ2v) is 6.46. The highest BCUT2D eigenvalue weighted by atomic mass is 35.5. The number of halogens is 2. The summed E-state index contributed by atoms with van der Waals surface area (Å²) in [5, 5.41) is 3.86. The number of aryl methyl sites for hydroxylation is 3. The zero-order valence-electron chi connectivity index (χ0n) is 13.1. The molecule has 0 heterocycles. The summed E-state index contributed by atoms with van der Waals surface area (Å²) >= 11 is 11.9. The summed E-state index contributed by atoms with van der Waals surface area (Å²) in [4.78, 5) is 12.4. The summed E-state index contributed by atoms with van der Waals surface area (Å²) < 4.78 is 0. The maximum atomic E-state index is 12.4. The van der Waals surface area contributed by atoms with E-state index in [4.69, 9.17) is 23.2 Å². The van der Waals surface area contributed by atoms with E-state index in [2.05, 4.69) is 38.2 Å². The largest absolute Gasteiger partial charge is 0.345 e. The van der Waals surface area contributed by atoms with E-state index in [-0.39, 0.29) is 11.9 Å². The molecular weight excluding hydrogens is 317 g/mol. The van der Waals surface area contributed by atoms with Crippen LogP contribution in [0.1, 0.15) is 45.6 Å². The number of hydrogen-bond donors (Lipinski definition) is 1. The first-order valence-electron chi connectivity index (χ1n) is 7.13. The second-order valence-electron chi connectivity index (χ2n) is 5.61. The Labute approximate surface area is 141 Å². The van der Waals surface area contributed by atoms with Crippen molar-refractivity contribution < 1.29 is 4.79 Å². The average Bonchev–Trinajstić information content (AvgIpc) is 2.42. The molecule has 2 aromatic carbocycles. The number of carbonyl (C=O) groups is 1. The van der Waals surface area contributed by atoms with E-state index in [0.29, 0.717) is 15.6 Å². The number of carbonyl (C=O) groups excluding carboxylic acids is 1. The van der Waals surface area contributed by atoms with Gasteiger partial charge in [0, 0.05) is 5.02 Å². The molecule has 1 atom stereocenters. The molecule has 0 spiro atoms. The zero-order valence-corrected chi connectivity index (χ0v) is 14.6. The van der Waals surface area contributed by atoms with Gasteiger partial charge in [-0.15, -0.1) is 0 Å². The van der Waals surface area contributed by atoms with Crippen molar-refractivity contribution in [3.8, 4) is 0 Å². The Hall–Kier alpha value is -1.51. The Morgan fingerprint density at radius 3 is 2.27 bits per heavy atom. The van der Waals surface area contributed by atoms with Gasteiger partial charge in [-0.05, 0) is 68.1 Å². The van der Waals surface area contributed by atoms with Crippen LogP contribution in [0.4, 0.5) is 0 Å². The van der Waals surface area contributed by atoms with Crippen molar-refractivity contribution in [1.82, 2.24) is 5.32 Å². The van der Waals surface area contributed by atoms with E-state index in [1.54, 1.807) is 18.2 Å². The first kappa shape index (κ1) is 16.9. The molecule has 4 heteroatoms. The van der Waals surface area contributed by atoms with Crippen molar-refractivity contribution in [2.75, 3.05) is 0 Å². The highest BCUT2D eigenvalue weighted by molar-refractivity contribution is 6.36. The molecule has 0 unspecified atom stereocenters. The summed E-state index contributed by atoms with van der Waals surface area (Å²) in [6.45, 7) is 8.18. The van der Waals surface area contributed by atoms with Crippen molar-refractivity contribution in [1.29, 1.82) is 0 Å². The van der Waals surface area contributed by atoms with E-state index in [9.17, 15) is 4.79 Å². The van der Waals surface area contributed by atoms with Crippen LogP contribution in [-0.4, -0.2) is 5.91 Å². The zero-order chi connectivity index (χ0) is 16.4. The molecule has 0 radical (unpaired) electrons. The topological polar surface area (TPSA) is 29.1 Å². The third kappa shape index (κ3) is 3.63. The summed E-state index contributed by atoms with van der Waals surface area (Å²) in [5.41, 5.74) is 5.17. The summed E-state index contributed by atoms with van der Waals surface area (Å²) in [6, 6.07) is 9.04. The van der Waals surface area contributed by atoms with E-state index in [1.165, 1.54) is 11.1 Å². The maximum absolute atomic E-state index is 12.4. The predicted octanol–water partition coefficient (Wildman–Crippen LogP) is 5.41. The maximum Gasteiger partial charge on any atom is 0.253 e. The van der Waals surface area contributed by atoms with Crippen LogP contribution in [0.3, 0.4) is 0 Å². The Balaban J connectivity index is 2.23. The lowest BCUT2D eigenvalue weighted by atomic mass is 9.96. The van der Waals surface area contributed by atoms with E-state index in [1.807, 2.05) is 6.92 Å². The lowest BCUT2D eigenvalue weighted by Crippen LogP contribution is -2.27. The Morgan fingerprint density at radius 2 is 1.64 bits per heavy atom. The summed E-state index contributed by atoms with van der Waals surface area (Å²) in [5.74, 6) is -0.202. The molecule has 1 amide bonds. The lowest BCUT2D eigenvalue weighted by Gasteiger charge is -2.19. The first-order valence-corrected chi connectivity index (χ1v) is 7.89. The summed E-state index contributed by atoms with van der Waals surface area (Å²) in [6.07, 6.45) is 0. The van der Waals surface area contributed by atoms with Crippen molar-refractivity contribution in [3.05, 3.63) is 68.2 Å². The smallest absolute Gasteiger partial charge is 0.253 e. The van der Waals surface area contributed by atoms with Crippen LogP contribution >= 0.6 is 23.2 Å². The summed E-state index contributed by atoms with van der Waals surface area (Å²) in [7, 11) is 0. The number of hydrogen-bond acceptors (Lipinski definition) is 1. The number of benzene rings is 2. The van der Waals surface area contributed by atoms with Crippen LogP contribution in [0.25, 0.3) is 0 Å². The predicted molar refractivity (Wildman–Crippen MR) is 93.0 cm³/mol. The van der Waals surface area contributed by atoms with Gasteiger partial charge in [0.1, 0.15) is 0 Å². The molecule has 1 N–H and O–H groups in total. The molecule has 116 valence electrons. The van der Waals surface area contributed by atoms with Crippen LogP contribution < -0.4 is 5.32 Å². The molecule has 0 fully saturated rings. The molecule has 0 aliphatic rings. The van der Waals surface area contributed by atoms with Gasteiger partial charge in [0.2, 0.25) is 0 Å². The molecule has 0 aliphatic carbocycles. The molecule has 0 aliphatic heterocycles.